The lowest BCUT2D eigenvalue weighted by molar-refractivity contribution is -0.113. The van der Waals surface area contributed by atoms with E-state index in [-0.39, 0.29) is 18.3 Å². The Morgan fingerprint density at radius 2 is 1.97 bits per heavy atom. The quantitative estimate of drug-likeness (QED) is 0.286. The van der Waals surface area contributed by atoms with Crippen molar-refractivity contribution in [2.75, 3.05) is 17.7 Å². The Hall–Kier alpha value is -3.10. The SMILES string of the molecule is CCOC(=O)c1cc(-c2ccccc2)sc1NC(=O)CSc1nc2ccc(C)cc2[nH]1. The van der Waals surface area contributed by atoms with Crippen molar-refractivity contribution in [1.29, 1.82) is 0 Å². The van der Waals surface area contributed by atoms with Crippen molar-refractivity contribution in [3.63, 3.8) is 0 Å². The number of imidazole rings is 1. The van der Waals surface area contributed by atoms with Crippen LogP contribution in [0.1, 0.15) is 22.8 Å². The van der Waals surface area contributed by atoms with Gasteiger partial charge in [0.1, 0.15) is 5.00 Å². The number of carbonyl (C=O) groups excluding carboxylic acids is 2. The molecule has 0 unspecified atom stereocenters. The summed E-state index contributed by atoms with van der Waals surface area (Å²) in [5.41, 5.74) is 4.29. The maximum Gasteiger partial charge on any atom is 0.341 e. The zero-order valence-corrected chi connectivity index (χ0v) is 18.7. The van der Waals surface area contributed by atoms with Crippen LogP contribution in [0.15, 0.2) is 59.8 Å². The minimum atomic E-state index is -0.448. The second kappa shape index (κ2) is 9.36. The number of benzene rings is 2. The summed E-state index contributed by atoms with van der Waals surface area (Å²) in [6.45, 7) is 4.04. The van der Waals surface area contributed by atoms with Gasteiger partial charge in [0.15, 0.2) is 5.16 Å². The molecule has 1 amide bonds. The lowest BCUT2D eigenvalue weighted by atomic mass is 10.1. The molecule has 0 spiro atoms. The number of carbonyl (C=O) groups is 2. The number of amides is 1. The summed E-state index contributed by atoms with van der Waals surface area (Å²) in [7, 11) is 0. The normalized spacial score (nSPS) is 10.9. The second-order valence-electron chi connectivity index (χ2n) is 6.84. The number of fused-ring (bicyclic) bond motifs is 1. The van der Waals surface area contributed by atoms with E-state index in [1.165, 1.54) is 23.1 Å². The summed E-state index contributed by atoms with van der Waals surface area (Å²) in [5, 5.41) is 4.04. The number of H-pyrrole nitrogens is 1. The van der Waals surface area contributed by atoms with Crippen molar-refractivity contribution >= 4 is 51.0 Å². The molecule has 0 fully saturated rings. The van der Waals surface area contributed by atoms with Gasteiger partial charge < -0.3 is 15.0 Å². The van der Waals surface area contributed by atoms with Crippen molar-refractivity contribution < 1.29 is 14.3 Å². The van der Waals surface area contributed by atoms with E-state index in [1.54, 1.807) is 13.0 Å². The number of thiophene rings is 1. The van der Waals surface area contributed by atoms with Crippen molar-refractivity contribution in [1.82, 2.24) is 9.97 Å². The Morgan fingerprint density at radius 3 is 2.74 bits per heavy atom. The van der Waals surface area contributed by atoms with E-state index in [9.17, 15) is 9.59 Å². The number of esters is 1. The van der Waals surface area contributed by atoms with Gasteiger partial charge in [-0.3, -0.25) is 4.79 Å². The number of rotatable bonds is 7. The van der Waals surface area contributed by atoms with Gasteiger partial charge in [-0.25, -0.2) is 9.78 Å². The molecule has 2 aromatic heterocycles. The minimum Gasteiger partial charge on any atom is -0.462 e. The molecule has 2 heterocycles. The lowest BCUT2D eigenvalue weighted by Gasteiger charge is -2.05. The summed E-state index contributed by atoms with van der Waals surface area (Å²) in [4.78, 5) is 33.6. The monoisotopic (exact) mass is 451 g/mol. The standard InChI is InChI=1S/C23H21N3O3S2/c1-3-29-22(28)16-12-19(15-7-5-4-6-8-15)31-21(16)26-20(27)13-30-23-24-17-10-9-14(2)11-18(17)25-23/h4-12H,3,13H2,1-2H3,(H,24,25)(H,26,27). The maximum absolute atomic E-state index is 12.6. The summed E-state index contributed by atoms with van der Waals surface area (Å²) in [6, 6.07) is 17.5. The smallest absolute Gasteiger partial charge is 0.341 e. The average molecular weight is 452 g/mol. The number of aryl methyl sites for hydroxylation is 1. The van der Waals surface area contributed by atoms with Crippen molar-refractivity contribution in [2.24, 2.45) is 0 Å². The fourth-order valence-corrected chi connectivity index (χ4v) is 4.81. The summed E-state index contributed by atoms with van der Waals surface area (Å²) >= 11 is 2.67. The van der Waals surface area contributed by atoms with Crippen LogP contribution in [0.3, 0.4) is 0 Å². The molecule has 158 valence electrons. The molecule has 2 N–H and O–H groups in total. The van der Waals surface area contributed by atoms with Crippen LogP contribution in [0.2, 0.25) is 0 Å². The van der Waals surface area contributed by atoms with E-state index in [0.29, 0.717) is 15.7 Å². The van der Waals surface area contributed by atoms with Crippen LogP contribution in [0.5, 0.6) is 0 Å². The van der Waals surface area contributed by atoms with E-state index >= 15 is 0 Å². The Morgan fingerprint density at radius 1 is 1.16 bits per heavy atom. The van der Waals surface area contributed by atoms with Gasteiger partial charge >= 0.3 is 5.97 Å². The first kappa shape index (κ1) is 21.1. The molecule has 0 aliphatic heterocycles. The van der Waals surface area contributed by atoms with Crippen LogP contribution in [0.25, 0.3) is 21.5 Å². The predicted molar refractivity (Wildman–Crippen MR) is 126 cm³/mol. The first-order valence-corrected chi connectivity index (χ1v) is 11.6. The first-order chi connectivity index (χ1) is 15.0. The molecule has 0 radical (unpaired) electrons. The highest BCUT2D eigenvalue weighted by molar-refractivity contribution is 7.99. The van der Waals surface area contributed by atoms with Gasteiger partial charge in [0.2, 0.25) is 5.91 Å². The highest BCUT2D eigenvalue weighted by atomic mass is 32.2. The molecule has 4 aromatic rings. The molecule has 0 atom stereocenters. The molecule has 31 heavy (non-hydrogen) atoms. The van der Waals surface area contributed by atoms with Crippen molar-refractivity contribution in [2.45, 2.75) is 19.0 Å². The molecule has 0 saturated carbocycles. The van der Waals surface area contributed by atoms with E-state index in [4.69, 9.17) is 4.74 Å². The second-order valence-corrected chi connectivity index (χ2v) is 8.86. The number of nitrogens with zero attached hydrogens (tertiary/aromatic N) is 1. The Bertz CT molecular complexity index is 1230. The van der Waals surface area contributed by atoms with Gasteiger partial charge in [-0.05, 0) is 43.2 Å². The number of aromatic nitrogens is 2. The van der Waals surface area contributed by atoms with Gasteiger partial charge in [-0.15, -0.1) is 11.3 Å². The Kier molecular flexibility index (Phi) is 6.39. The van der Waals surface area contributed by atoms with Crippen LogP contribution in [-0.2, 0) is 9.53 Å². The Balaban J connectivity index is 1.49. The van der Waals surface area contributed by atoms with E-state index in [1.807, 2.05) is 55.5 Å². The van der Waals surface area contributed by atoms with Crippen LogP contribution >= 0.6 is 23.1 Å². The fraction of sp³-hybridized carbons (Fsp3) is 0.174. The topological polar surface area (TPSA) is 84.1 Å². The highest BCUT2D eigenvalue weighted by Crippen LogP contribution is 2.36. The van der Waals surface area contributed by atoms with Crippen LogP contribution in [0, 0.1) is 6.92 Å². The number of aromatic amines is 1. The average Bonchev–Trinajstić information content (AvgIpc) is 3.36. The summed E-state index contributed by atoms with van der Waals surface area (Å²) in [6.07, 6.45) is 0. The lowest BCUT2D eigenvalue weighted by Crippen LogP contribution is -2.16. The maximum atomic E-state index is 12.6. The molecule has 2 aromatic carbocycles. The largest absolute Gasteiger partial charge is 0.462 e. The molecule has 8 heteroatoms. The molecule has 4 rings (SSSR count). The zero-order chi connectivity index (χ0) is 21.8. The number of nitrogens with one attached hydrogen (secondary N) is 2. The highest BCUT2D eigenvalue weighted by Gasteiger charge is 2.20. The summed E-state index contributed by atoms with van der Waals surface area (Å²) < 4.78 is 5.17. The molecule has 0 aliphatic rings. The predicted octanol–water partition coefficient (Wildman–Crippen LogP) is 5.51. The van der Waals surface area contributed by atoms with Gasteiger partial charge in [0.05, 0.1) is 29.0 Å². The van der Waals surface area contributed by atoms with E-state index in [0.717, 1.165) is 27.0 Å². The minimum absolute atomic E-state index is 0.166. The third kappa shape index (κ3) is 4.98. The number of ether oxygens (including phenoxy) is 1. The molecular formula is C23H21N3O3S2. The third-order valence-electron chi connectivity index (χ3n) is 4.49. The molecule has 0 saturated heterocycles. The van der Waals surface area contributed by atoms with Gasteiger partial charge in [0.25, 0.3) is 0 Å². The molecule has 6 nitrogen and oxygen atoms in total. The van der Waals surface area contributed by atoms with Gasteiger partial charge in [-0.2, -0.15) is 0 Å². The van der Waals surface area contributed by atoms with Crippen molar-refractivity contribution in [3.8, 4) is 10.4 Å². The molecule has 0 aliphatic carbocycles. The third-order valence-corrected chi connectivity index (χ3v) is 6.47. The summed E-state index contributed by atoms with van der Waals surface area (Å²) in [5.74, 6) is -0.496. The molecule has 0 bridgehead atoms. The van der Waals surface area contributed by atoms with E-state index in [2.05, 4.69) is 15.3 Å². The van der Waals surface area contributed by atoms with Crippen LogP contribution in [0.4, 0.5) is 5.00 Å². The Labute approximate surface area is 188 Å². The number of hydrogen-bond acceptors (Lipinski definition) is 6. The van der Waals surface area contributed by atoms with Crippen molar-refractivity contribution in [3.05, 3.63) is 65.7 Å². The number of anilines is 1. The molecular weight excluding hydrogens is 430 g/mol. The van der Waals surface area contributed by atoms with Crippen LogP contribution in [-0.4, -0.2) is 34.2 Å². The fourth-order valence-electron chi connectivity index (χ4n) is 3.05. The van der Waals surface area contributed by atoms with Crippen LogP contribution < -0.4 is 5.32 Å². The number of thioether (sulfide) groups is 1. The van der Waals surface area contributed by atoms with Gasteiger partial charge in [-0.1, -0.05) is 48.2 Å². The number of hydrogen-bond donors (Lipinski definition) is 2. The van der Waals surface area contributed by atoms with E-state index < -0.39 is 5.97 Å². The first-order valence-electron chi connectivity index (χ1n) is 9.79. The zero-order valence-electron chi connectivity index (χ0n) is 17.1. The van der Waals surface area contributed by atoms with Gasteiger partial charge in [0, 0.05) is 4.88 Å².